The van der Waals surface area contributed by atoms with Crippen molar-refractivity contribution < 1.29 is 18.0 Å². The largest absolute Gasteiger partial charge is 0.433 e. The summed E-state index contributed by atoms with van der Waals surface area (Å²) < 4.78 is 37.9. The first-order valence-corrected chi connectivity index (χ1v) is 8.07. The Morgan fingerprint density at radius 2 is 1.83 bits per heavy atom. The van der Waals surface area contributed by atoms with Crippen LogP contribution in [0.3, 0.4) is 0 Å². The van der Waals surface area contributed by atoms with Gasteiger partial charge in [0.1, 0.15) is 5.69 Å². The van der Waals surface area contributed by atoms with E-state index in [1.165, 1.54) is 0 Å². The summed E-state index contributed by atoms with van der Waals surface area (Å²) in [5.41, 5.74) is -0.0800. The van der Waals surface area contributed by atoms with E-state index in [0.29, 0.717) is 0 Å². The molecule has 0 bridgehead atoms. The Hall–Kier alpha value is -2.09. The normalized spacial score (nSPS) is 14.0. The van der Waals surface area contributed by atoms with E-state index in [4.69, 9.17) is 0 Å². The third-order valence-electron chi connectivity index (χ3n) is 3.23. The van der Waals surface area contributed by atoms with Crippen LogP contribution in [-0.4, -0.2) is 21.1 Å². The molecule has 4 nitrogen and oxygen atoms in total. The van der Waals surface area contributed by atoms with Crippen molar-refractivity contribution in [3.8, 4) is 0 Å². The van der Waals surface area contributed by atoms with Crippen LogP contribution >= 0.6 is 11.8 Å². The quantitative estimate of drug-likeness (QED) is 0.654. The van der Waals surface area contributed by atoms with Crippen molar-refractivity contribution >= 4 is 17.7 Å². The van der Waals surface area contributed by atoms with Gasteiger partial charge in [-0.05, 0) is 25.5 Å². The van der Waals surface area contributed by atoms with Crippen molar-refractivity contribution in [3.05, 3.63) is 53.9 Å². The summed E-state index contributed by atoms with van der Waals surface area (Å²) in [6, 6.07) is 9.98. The molecule has 0 spiro atoms. The first-order valence-electron chi connectivity index (χ1n) is 7.19. The van der Waals surface area contributed by atoms with E-state index in [1.54, 1.807) is 6.92 Å². The van der Waals surface area contributed by atoms with Crippen LogP contribution in [0.15, 0.2) is 47.8 Å². The van der Waals surface area contributed by atoms with Gasteiger partial charge in [-0.25, -0.2) is 9.97 Å². The van der Waals surface area contributed by atoms with Crippen molar-refractivity contribution in [2.75, 3.05) is 0 Å². The summed E-state index contributed by atoms with van der Waals surface area (Å²) in [5, 5.41) is 2.11. The number of thioether (sulfide) groups is 1. The van der Waals surface area contributed by atoms with Crippen LogP contribution in [0.5, 0.6) is 0 Å². The summed E-state index contributed by atoms with van der Waals surface area (Å²) >= 11 is 0.885. The first-order chi connectivity index (χ1) is 11.3. The molecule has 0 aliphatic carbocycles. The molecular weight excluding hydrogens is 339 g/mol. The summed E-state index contributed by atoms with van der Waals surface area (Å²) in [7, 11) is 0. The lowest BCUT2D eigenvalue weighted by Crippen LogP contribution is -2.33. The van der Waals surface area contributed by atoms with Crippen molar-refractivity contribution in [3.63, 3.8) is 0 Å². The molecule has 0 saturated heterocycles. The van der Waals surface area contributed by atoms with Gasteiger partial charge in [0.05, 0.1) is 11.3 Å². The lowest BCUT2D eigenvalue weighted by Gasteiger charge is -2.17. The van der Waals surface area contributed by atoms with E-state index in [9.17, 15) is 18.0 Å². The Kier molecular flexibility index (Phi) is 5.82. The van der Waals surface area contributed by atoms with Crippen LogP contribution in [-0.2, 0) is 11.0 Å². The van der Waals surface area contributed by atoms with Gasteiger partial charge in [-0.3, -0.25) is 4.79 Å². The number of hydrogen-bond donors (Lipinski definition) is 1. The fourth-order valence-corrected chi connectivity index (χ4v) is 2.69. The average molecular weight is 355 g/mol. The van der Waals surface area contributed by atoms with Gasteiger partial charge in [0.2, 0.25) is 5.91 Å². The molecule has 2 aromatic rings. The van der Waals surface area contributed by atoms with Crippen LogP contribution in [0.25, 0.3) is 0 Å². The third-order valence-corrected chi connectivity index (χ3v) is 4.21. The van der Waals surface area contributed by atoms with Crippen LogP contribution in [0.4, 0.5) is 13.2 Å². The second-order valence-electron chi connectivity index (χ2n) is 5.12. The summed E-state index contributed by atoms with van der Waals surface area (Å²) in [6.07, 6.45) is -3.50. The van der Waals surface area contributed by atoms with E-state index in [-0.39, 0.29) is 17.1 Å². The van der Waals surface area contributed by atoms with Gasteiger partial charge in [-0.15, -0.1) is 0 Å². The maximum absolute atomic E-state index is 12.6. The minimum atomic E-state index is -4.54. The van der Waals surface area contributed by atoms with Gasteiger partial charge in [0.25, 0.3) is 0 Å². The zero-order valence-electron chi connectivity index (χ0n) is 13.0. The highest BCUT2D eigenvalue weighted by molar-refractivity contribution is 8.00. The number of aromatic nitrogens is 2. The van der Waals surface area contributed by atoms with Crippen molar-refractivity contribution in [2.24, 2.45) is 0 Å². The van der Waals surface area contributed by atoms with Gasteiger partial charge in [-0.1, -0.05) is 42.1 Å². The molecule has 2 atom stereocenters. The van der Waals surface area contributed by atoms with E-state index >= 15 is 0 Å². The van der Waals surface area contributed by atoms with Crippen LogP contribution < -0.4 is 5.32 Å². The average Bonchev–Trinajstić information content (AvgIpc) is 2.55. The van der Waals surface area contributed by atoms with Crippen LogP contribution in [0.1, 0.15) is 31.1 Å². The Labute approximate surface area is 141 Å². The number of alkyl halides is 3. The van der Waals surface area contributed by atoms with Gasteiger partial charge < -0.3 is 5.32 Å². The van der Waals surface area contributed by atoms with Crippen molar-refractivity contribution in [1.29, 1.82) is 0 Å². The minimum Gasteiger partial charge on any atom is -0.349 e. The molecule has 0 fully saturated rings. The van der Waals surface area contributed by atoms with Gasteiger partial charge in [0, 0.05) is 6.20 Å². The Bertz CT molecular complexity index is 694. The molecule has 2 unspecified atom stereocenters. The molecule has 24 heavy (non-hydrogen) atoms. The molecule has 0 radical (unpaired) electrons. The molecule has 2 rings (SSSR count). The Morgan fingerprint density at radius 3 is 2.46 bits per heavy atom. The van der Waals surface area contributed by atoms with Gasteiger partial charge in [0.15, 0.2) is 5.16 Å². The number of rotatable bonds is 5. The highest BCUT2D eigenvalue weighted by Gasteiger charge is 2.33. The highest BCUT2D eigenvalue weighted by Crippen LogP contribution is 2.29. The summed E-state index contributed by atoms with van der Waals surface area (Å²) in [4.78, 5) is 19.4. The molecule has 1 N–H and O–H groups in total. The van der Waals surface area contributed by atoms with Gasteiger partial charge >= 0.3 is 6.18 Å². The number of amides is 1. The molecule has 0 aliphatic heterocycles. The van der Waals surface area contributed by atoms with E-state index in [0.717, 1.165) is 29.6 Å². The zero-order chi connectivity index (χ0) is 17.7. The molecule has 1 aromatic carbocycles. The van der Waals surface area contributed by atoms with E-state index < -0.39 is 17.1 Å². The summed E-state index contributed by atoms with van der Waals surface area (Å²) in [5.74, 6) is -0.294. The first kappa shape index (κ1) is 18.3. The zero-order valence-corrected chi connectivity index (χ0v) is 13.9. The summed E-state index contributed by atoms with van der Waals surface area (Å²) in [6.45, 7) is 3.44. The molecule has 1 aromatic heterocycles. The van der Waals surface area contributed by atoms with E-state index in [2.05, 4.69) is 15.3 Å². The number of hydrogen-bond acceptors (Lipinski definition) is 4. The predicted molar refractivity (Wildman–Crippen MR) is 85.4 cm³/mol. The fraction of sp³-hybridized carbons (Fsp3) is 0.312. The minimum absolute atomic E-state index is 0.0835. The predicted octanol–water partition coefficient (Wildman–Crippen LogP) is 3.85. The molecule has 0 aliphatic rings. The molecule has 1 amide bonds. The lowest BCUT2D eigenvalue weighted by molar-refractivity contribution is -0.141. The Morgan fingerprint density at radius 1 is 1.17 bits per heavy atom. The molecule has 8 heteroatoms. The maximum Gasteiger partial charge on any atom is 0.433 e. The topological polar surface area (TPSA) is 54.9 Å². The molecule has 0 saturated carbocycles. The molecule has 1 heterocycles. The molecule has 128 valence electrons. The number of carbonyl (C=O) groups is 1. The number of nitrogens with one attached hydrogen (secondary N) is 1. The van der Waals surface area contributed by atoms with Crippen LogP contribution in [0.2, 0.25) is 0 Å². The second kappa shape index (κ2) is 7.65. The van der Waals surface area contributed by atoms with E-state index in [1.807, 2.05) is 37.3 Å². The maximum atomic E-state index is 12.6. The second-order valence-corrected chi connectivity index (χ2v) is 6.43. The smallest absolute Gasteiger partial charge is 0.349 e. The lowest BCUT2D eigenvalue weighted by atomic mass is 10.1. The SMILES string of the molecule is CC(Sc1nccc(C(F)(F)F)n1)C(=O)NC(C)c1ccccc1. The Balaban J connectivity index is 1.99. The number of nitrogens with zero attached hydrogens (tertiary/aromatic N) is 2. The van der Waals surface area contributed by atoms with Crippen molar-refractivity contribution in [1.82, 2.24) is 15.3 Å². The number of benzene rings is 1. The standard InChI is InChI=1S/C16H16F3N3OS/c1-10(12-6-4-3-5-7-12)21-14(23)11(2)24-15-20-9-8-13(22-15)16(17,18)19/h3-11H,1-2H3,(H,21,23). The third kappa shape index (κ3) is 4.95. The van der Waals surface area contributed by atoms with Gasteiger partial charge in [-0.2, -0.15) is 13.2 Å². The molecular formula is C16H16F3N3OS. The van der Waals surface area contributed by atoms with Crippen molar-refractivity contribution in [2.45, 2.75) is 36.5 Å². The monoisotopic (exact) mass is 355 g/mol. The number of carbonyl (C=O) groups excluding carboxylic acids is 1. The highest BCUT2D eigenvalue weighted by atomic mass is 32.2. The number of halogens is 3. The fourth-order valence-electron chi connectivity index (χ4n) is 1.92. The van der Waals surface area contributed by atoms with Crippen LogP contribution in [0, 0.1) is 0 Å².